The van der Waals surface area contributed by atoms with Crippen LogP contribution in [0, 0.1) is 0 Å². The zero-order valence-electron chi connectivity index (χ0n) is 25.8. The van der Waals surface area contributed by atoms with Gasteiger partial charge >= 0.3 is 0 Å². The number of hydrogen-bond donors (Lipinski definition) is 9. The molecular weight excluding hydrogens is 552 g/mol. The molecule has 0 radical (unpaired) electrons. The van der Waals surface area contributed by atoms with Gasteiger partial charge in [-0.05, 0) is 12.8 Å². The largest absolute Gasteiger partial charge is 0.394 e. The van der Waals surface area contributed by atoms with Crippen LogP contribution in [0.25, 0.3) is 0 Å². The van der Waals surface area contributed by atoms with Crippen LogP contribution in [0.2, 0.25) is 0 Å². The van der Waals surface area contributed by atoms with Crippen LogP contribution in [-0.4, -0.2) is 153 Å². The highest BCUT2D eigenvalue weighted by molar-refractivity contribution is 5.81. The molecule has 0 bridgehead atoms. The average Bonchev–Trinajstić information content (AvgIpc) is 2.97. The first-order valence-corrected chi connectivity index (χ1v) is 15.6. The second-order valence-corrected chi connectivity index (χ2v) is 12.2. The predicted octanol–water partition coefficient (Wildman–Crippen LogP) is -1.25. The van der Waals surface area contributed by atoms with Crippen molar-refractivity contribution >= 4 is 5.91 Å². The summed E-state index contributed by atoms with van der Waals surface area (Å²) in [5, 5.41) is 82.6. The van der Waals surface area contributed by atoms with E-state index in [0.717, 1.165) is 24.0 Å². The molecule has 1 saturated heterocycles. The second kappa shape index (κ2) is 20.9. The number of carbonyl (C=O) groups is 1. The summed E-state index contributed by atoms with van der Waals surface area (Å²) in [5.74, 6) is -0.921. The lowest BCUT2D eigenvalue weighted by atomic mass is 9.98. The SMILES string of the molecule is CCCCCCCCCCCC[N+](C)(C)CCCNC(=O)[C@H](O)[C@H](O)[C@H](O[C@@H]1O[C@H](CO)[C@@H](O)[C@H](O)[C@H]1O)[C@H](O)CO. The van der Waals surface area contributed by atoms with Crippen molar-refractivity contribution in [3.63, 3.8) is 0 Å². The van der Waals surface area contributed by atoms with E-state index in [9.17, 15) is 45.6 Å². The Labute approximate surface area is 250 Å². The summed E-state index contributed by atoms with van der Waals surface area (Å²) in [6.45, 7) is 2.61. The van der Waals surface area contributed by atoms with Crippen LogP contribution in [0.15, 0.2) is 0 Å². The fourth-order valence-electron chi connectivity index (χ4n) is 5.13. The molecule has 13 nitrogen and oxygen atoms in total. The fourth-order valence-corrected chi connectivity index (χ4v) is 5.13. The summed E-state index contributed by atoms with van der Waals surface area (Å²) >= 11 is 0. The van der Waals surface area contributed by atoms with Crippen LogP contribution in [0.5, 0.6) is 0 Å². The van der Waals surface area contributed by atoms with Gasteiger partial charge in [-0.15, -0.1) is 0 Å². The minimum Gasteiger partial charge on any atom is -0.394 e. The second-order valence-electron chi connectivity index (χ2n) is 12.2. The Balaban J connectivity index is 2.44. The highest BCUT2D eigenvalue weighted by Crippen LogP contribution is 2.25. The number of aliphatic hydroxyl groups excluding tert-OH is 8. The number of carbonyl (C=O) groups excluding carboxylic acids is 1. The molecule has 0 aromatic carbocycles. The van der Waals surface area contributed by atoms with Crippen molar-refractivity contribution in [2.24, 2.45) is 0 Å². The number of nitrogens with zero attached hydrogens (tertiary/aromatic N) is 1. The molecule has 13 heteroatoms. The van der Waals surface area contributed by atoms with Crippen LogP contribution in [0.1, 0.15) is 77.6 Å². The summed E-state index contributed by atoms with van der Waals surface area (Å²) in [5.41, 5.74) is 0. The number of unbranched alkanes of at least 4 members (excludes halogenated alkanes) is 9. The summed E-state index contributed by atoms with van der Waals surface area (Å²) < 4.78 is 11.3. The van der Waals surface area contributed by atoms with Gasteiger partial charge in [-0.25, -0.2) is 0 Å². The number of amides is 1. The average molecular weight is 612 g/mol. The summed E-state index contributed by atoms with van der Waals surface area (Å²) in [4.78, 5) is 12.5. The molecule has 1 fully saturated rings. The van der Waals surface area contributed by atoms with Crippen molar-refractivity contribution in [1.29, 1.82) is 0 Å². The lowest BCUT2D eigenvalue weighted by Crippen LogP contribution is -2.62. The van der Waals surface area contributed by atoms with Crippen molar-refractivity contribution < 1.29 is 59.6 Å². The number of quaternary nitrogens is 1. The molecule has 1 heterocycles. The van der Waals surface area contributed by atoms with Crippen molar-refractivity contribution in [1.82, 2.24) is 5.32 Å². The van der Waals surface area contributed by atoms with Crippen molar-refractivity contribution in [2.75, 3.05) is 46.9 Å². The van der Waals surface area contributed by atoms with Gasteiger partial charge < -0.3 is 60.1 Å². The Morgan fingerprint density at radius 2 is 1.38 bits per heavy atom. The zero-order valence-corrected chi connectivity index (χ0v) is 25.8. The van der Waals surface area contributed by atoms with Crippen LogP contribution < -0.4 is 5.32 Å². The van der Waals surface area contributed by atoms with E-state index >= 15 is 0 Å². The Kier molecular flexibility index (Phi) is 19.4. The normalized spacial score (nSPS) is 26.0. The predicted molar refractivity (Wildman–Crippen MR) is 155 cm³/mol. The maximum atomic E-state index is 12.5. The van der Waals surface area contributed by atoms with E-state index in [1.807, 2.05) is 0 Å². The van der Waals surface area contributed by atoms with Crippen LogP contribution in [-0.2, 0) is 14.3 Å². The summed E-state index contributed by atoms with van der Waals surface area (Å²) in [6, 6.07) is 0. The highest BCUT2D eigenvalue weighted by Gasteiger charge is 2.47. The van der Waals surface area contributed by atoms with E-state index < -0.39 is 74.2 Å². The molecule has 0 aromatic heterocycles. The number of hydrogen-bond acceptors (Lipinski definition) is 11. The fraction of sp³-hybridized carbons (Fsp3) is 0.966. The van der Waals surface area contributed by atoms with Crippen molar-refractivity contribution in [3.05, 3.63) is 0 Å². The van der Waals surface area contributed by atoms with E-state index in [0.29, 0.717) is 6.42 Å². The third kappa shape index (κ3) is 13.8. The van der Waals surface area contributed by atoms with Crippen LogP contribution in [0.3, 0.4) is 0 Å². The number of aliphatic hydroxyl groups is 8. The molecule has 0 aromatic rings. The van der Waals surface area contributed by atoms with Crippen LogP contribution in [0.4, 0.5) is 0 Å². The van der Waals surface area contributed by atoms with Gasteiger partial charge in [-0.3, -0.25) is 4.79 Å². The maximum absolute atomic E-state index is 12.5. The monoisotopic (exact) mass is 611 g/mol. The van der Waals surface area contributed by atoms with E-state index in [-0.39, 0.29) is 6.54 Å². The van der Waals surface area contributed by atoms with Gasteiger partial charge in [-0.2, -0.15) is 0 Å². The van der Waals surface area contributed by atoms with Gasteiger partial charge in [0.1, 0.15) is 42.7 Å². The molecule has 42 heavy (non-hydrogen) atoms. The van der Waals surface area contributed by atoms with E-state index in [2.05, 4.69) is 26.3 Å². The third-order valence-electron chi connectivity index (χ3n) is 7.99. The Morgan fingerprint density at radius 1 is 0.833 bits per heavy atom. The maximum Gasteiger partial charge on any atom is 0.251 e. The van der Waals surface area contributed by atoms with Gasteiger partial charge in [0.05, 0.1) is 40.4 Å². The van der Waals surface area contributed by atoms with Crippen molar-refractivity contribution in [2.45, 2.75) is 133 Å². The highest BCUT2D eigenvalue weighted by atomic mass is 16.7. The Morgan fingerprint density at radius 3 is 1.93 bits per heavy atom. The molecular formula is C29H59N2O11+. The number of ether oxygens (including phenoxy) is 2. The quantitative estimate of drug-likeness (QED) is 0.0492. The van der Waals surface area contributed by atoms with Crippen molar-refractivity contribution in [3.8, 4) is 0 Å². The topological polar surface area (TPSA) is 209 Å². The molecule has 0 aliphatic carbocycles. The first kappa shape index (κ1) is 39.1. The molecule has 1 aliphatic rings. The minimum absolute atomic E-state index is 0.239. The lowest BCUT2D eigenvalue weighted by molar-refractivity contribution is -0.890. The first-order chi connectivity index (χ1) is 19.9. The van der Waals surface area contributed by atoms with E-state index in [1.54, 1.807) is 0 Å². The smallest absolute Gasteiger partial charge is 0.251 e. The van der Waals surface area contributed by atoms with Gasteiger partial charge in [0.25, 0.3) is 5.91 Å². The molecule has 250 valence electrons. The van der Waals surface area contributed by atoms with Gasteiger partial charge in [0.2, 0.25) is 0 Å². The van der Waals surface area contributed by atoms with Crippen LogP contribution >= 0.6 is 0 Å². The molecule has 0 unspecified atom stereocenters. The standard InChI is InChI=1S/C29H58N2O11/c1-4-5-6-7-8-9-10-11-12-13-16-31(2,3)17-14-15-30-28(40)25(38)24(37)27(20(34)18-32)42-29-26(39)23(36)22(35)21(19-33)41-29/h20-27,29,32-39H,4-19H2,1-3H3/p+1/t20-,21-,22-,23+,24+,25-,26-,27-,29+/m1/s1. The number of rotatable bonds is 23. The molecule has 1 rings (SSSR count). The van der Waals surface area contributed by atoms with Gasteiger partial charge in [-0.1, -0.05) is 58.3 Å². The Hall–Kier alpha value is -0.970. The first-order valence-electron chi connectivity index (χ1n) is 15.6. The third-order valence-corrected chi connectivity index (χ3v) is 7.99. The Bertz CT molecular complexity index is 715. The molecule has 9 N–H and O–H groups in total. The summed E-state index contributed by atoms with van der Waals surface area (Å²) in [7, 11) is 4.26. The summed E-state index contributed by atoms with van der Waals surface area (Å²) in [6.07, 6.45) is -2.72. The van der Waals surface area contributed by atoms with E-state index in [1.165, 1.54) is 57.8 Å². The van der Waals surface area contributed by atoms with Gasteiger partial charge in [0.15, 0.2) is 12.4 Å². The van der Waals surface area contributed by atoms with Gasteiger partial charge in [0, 0.05) is 13.0 Å². The molecule has 9 atom stereocenters. The molecule has 1 aliphatic heterocycles. The molecule has 0 saturated carbocycles. The van der Waals surface area contributed by atoms with E-state index in [4.69, 9.17) is 9.47 Å². The number of nitrogens with one attached hydrogen (secondary N) is 1. The zero-order chi connectivity index (χ0) is 31.7. The molecule has 0 spiro atoms. The lowest BCUT2D eigenvalue weighted by Gasteiger charge is -2.42. The minimum atomic E-state index is -2.06. The molecule has 1 amide bonds.